The van der Waals surface area contributed by atoms with E-state index in [2.05, 4.69) is 10.2 Å². The fraction of sp³-hybridized carbons (Fsp3) is 0.360. The van der Waals surface area contributed by atoms with Gasteiger partial charge in [-0.1, -0.05) is 12.1 Å². The predicted octanol–water partition coefficient (Wildman–Crippen LogP) is 1.37. The van der Waals surface area contributed by atoms with Crippen LogP contribution in [0.4, 0.5) is 11.4 Å². The fourth-order valence-electron chi connectivity index (χ4n) is 4.51. The van der Waals surface area contributed by atoms with Crippen molar-refractivity contribution in [3.05, 3.63) is 53.6 Å². The van der Waals surface area contributed by atoms with E-state index in [4.69, 9.17) is 9.47 Å². The van der Waals surface area contributed by atoms with Crippen molar-refractivity contribution in [2.45, 2.75) is 13.0 Å². The Hall–Kier alpha value is -3.76. The van der Waals surface area contributed by atoms with Crippen molar-refractivity contribution < 1.29 is 28.7 Å². The molecule has 35 heavy (non-hydrogen) atoms. The Balaban J connectivity index is 1.29. The molecule has 1 N–H and O–H groups in total. The van der Waals surface area contributed by atoms with Gasteiger partial charge in [-0.3, -0.25) is 29.0 Å². The third-order valence-corrected chi connectivity index (χ3v) is 6.37. The van der Waals surface area contributed by atoms with Crippen LogP contribution in [0.5, 0.6) is 5.75 Å². The SMILES string of the molecule is CC1Oc2ccc(NC(=O)CN3C(=O)c4ccccc4C3=O)cc2N(CCN2CCOCC2)C1=O. The molecule has 4 amide bonds. The first-order chi connectivity index (χ1) is 16.9. The topological polar surface area (TPSA) is 108 Å². The summed E-state index contributed by atoms with van der Waals surface area (Å²) in [5.41, 5.74) is 1.59. The van der Waals surface area contributed by atoms with Gasteiger partial charge in [0.05, 0.1) is 30.0 Å². The van der Waals surface area contributed by atoms with E-state index in [9.17, 15) is 19.2 Å². The molecule has 0 aromatic heterocycles. The second-order valence-corrected chi connectivity index (χ2v) is 8.68. The lowest BCUT2D eigenvalue weighted by molar-refractivity contribution is -0.125. The van der Waals surface area contributed by atoms with Crippen LogP contribution in [0.15, 0.2) is 42.5 Å². The summed E-state index contributed by atoms with van der Waals surface area (Å²) in [7, 11) is 0. The molecule has 3 heterocycles. The molecule has 1 saturated heterocycles. The summed E-state index contributed by atoms with van der Waals surface area (Å²) in [6, 6.07) is 11.5. The summed E-state index contributed by atoms with van der Waals surface area (Å²) < 4.78 is 11.2. The van der Waals surface area contributed by atoms with Crippen molar-refractivity contribution in [2.75, 3.05) is 56.2 Å². The van der Waals surface area contributed by atoms with E-state index in [1.54, 1.807) is 54.3 Å². The molecule has 10 heteroatoms. The highest BCUT2D eigenvalue weighted by atomic mass is 16.5. The summed E-state index contributed by atoms with van der Waals surface area (Å²) in [5.74, 6) is -1.10. The molecule has 0 saturated carbocycles. The monoisotopic (exact) mass is 478 g/mol. The number of hydrogen-bond donors (Lipinski definition) is 1. The van der Waals surface area contributed by atoms with Crippen molar-refractivity contribution in [1.29, 1.82) is 0 Å². The van der Waals surface area contributed by atoms with Crippen LogP contribution in [-0.2, 0) is 14.3 Å². The lowest BCUT2D eigenvalue weighted by Crippen LogP contribution is -2.48. The number of benzene rings is 2. The molecule has 1 atom stereocenters. The van der Waals surface area contributed by atoms with Crippen LogP contribution in [0.1, 0.15) is 27.6 Å². The summed E-state index contributed by atoms with van der Waals surface area (Å²) in [5, 5.41) is 2.73. The fourth-order valence-corrected chi connectivity index (χ4v) is 4.51. The highest BCUT2D eigenvalue weighted by molar-refractivity contribution is 6.22. The standard InChI is InChI=1S/C25H26N4O6/c1-16-23(31)28(9-8-27-10-12-34-13-11-27)20-14-17(6-7-21(20)35-16)26-22(30)15-29-24(32)18-4-2-3-5-19(18)25(29)33/h2-7,14,16H,8-13,15H2,1H3,(H,26,30). The number of amides is 4. The van der Waals surface area contributed by atoms with Crippen molar-refractivity contribution in [1.82, 2.24) is 9.80 Å². The molecule has 2 aromatic carbocycles. The third-order valence-electron chi connectivity index (χ3n) is 6.37. The summed E-state index contributed by atoms with van der Waals surface area (Å²) in [6.45, 7) is 5.45. The zero-order valence-electron chi connectivity index (χ0n) is 19.4. The Morgan fingerprint density at radius 2 is 1.66 bits per heavy atom. The number of imide groups is 1. The van der Waals surface area contributed by atoms with Gasteiger partial charge in [0, 0.05) is 31.9 Å². The maximum atomic E-state index is 12.9. The smallest absolute Gasteiger partial charge is 0.267 e. The highest BCUT2D eigenvalue weighted by Gasteiger charge is 2.36. The van der Waals surface area contributed by atoms with E-state index in [-0.39, 0.29) is 5.91 Å². The molecule has 2 aromatic rings. The molecule has 0 bridgehead atoms. The lowest BCUT2D eigenvalue weighted by atomic mass is 10.1. The van der Waals surface area contributed by atoms with Gasteiger partial charge in [-0.2, -0.15) is 0 Å². The van der Waals surface area contributed by atoms with Crippen LogP contribution >= 0.6 is 0 Å². The average molecular weight is 479 g/mol. The highest BCUT2D eigenvalue weighted by Crippen LogP contribution is 2.36. The lowest BCUT2D eigenvalue weighted by Gasteiger charge is -2.35. The maximum Gasteiger partial charge on any atom is 0.267 e. The normalized spacial score (nSPS) is 19.9. The second-order valence-electron chi connectivity index (χ2n) is 8.68. The van der Waals surface area contributed by atoms with E-state index in [1.807, 2.05) is 0 Å². The molecule has 0 aliphatic carbocycles. The second kappa shape index (κ2) is 9.47. The number of ether oxygens (including phenoxy) is 2. The number of nitrogens with zero attached hydrogens (tertiary/aromatic N) is 3. The van der Waals surface area contributed by atoms with E-state index >= 15 is 0 Å². The van der Waals surface area contributed by atoms with Gasteiger partial charge in [0.25, 0.3) is 17.7 Å². The Labute approximate surface area is 202 Å². The van der Waals surface area contributed by atoms with Gasteiger partial charge in [-0.25, -0.2) is 0 Å². The minimum Gasteiger partial charge on any atom is -0.479 e. The Bertz CT molecular complexity index is 1160. The van der Waals surface area contributed by atoms with Gasteiger partial charge in [0.15, 0.2) is 6.10 Å². The first kappa shape index (κ1) is 23.0. The zero-order valence-corrected chi connectivity index (χ0v) is 19.4. The molecule has 182 valence electrons. The van der Waals surface area contributed by atoms with E-state index < -0.39 is 30.4 Å². The first-order valence-corrected chi connectivity index (χ1v) is 11.6. The van der Waals surface area contributed by atoms with Crippen molar-refractivity contribution >= 4 is 35.0 Å². The minimum absolute atomic E-state index is 0.153. The Morgan fingerprint density at radius 3 is 2.34 bits per heavy atom. The predicted molar refractivity (Wildman–Crippen MR) is 127 cm³/mol. The number of rotatable bonds is 6. The van der Waals surface area contributed by atoms with Gasteiger partial charge in [-0.05, 0) is 37.3 Å². The molecule has 0 spiro atoms. The number of fused-ring (bicyclic) bond motifs is 2. The molecule has 3 aliphatic rings. The molecule has 10 nitrogen and oxygen atoms in total. The number of nitrogens with one attached hydrogen (secondary N) is 1. The van der Waals surface area contributed by atoms with Crippen LogP contribution in [0.25, 0.3) is 0 Å². The van der Waals surface area contributed by atoms with Gasteiger partial charge in [-0.15, -0.1) is 0 Å². The van der Waals surface area contributed by atoms with Gasteiger partial charge in [0.1, 0.15) is 12.3 Å². The van der Waals surface area contributed by atoms with Crippen LogP contribution in [0.2, 0.25) is 0 Å². The van der Waals surface area contributed by atoms with E-state index in [1.165, 1.54) is 0 Å². The summed E-state index contributed by atoms with van der Waals surface area (Å²) >= 11 is 0. The van der Waals surface area contributed by atoms with E-state index in [0.29, 0.717) is 54.6 Å². The molecular formula is C25H26N4O6. The summed E-state index contributed by atoms with van der Waals surface area (Å²) in [6.07, 6.45) is -0.610. The summed E-state index contributed by atoms with van der Waals surface area (Å²) in [4.78, 5) is 55.6. The Kier molecular flexibility index (Phi) is 6.23. The molecule has 3 aliphatic heterocycles. The number of carbonyl (C=O) groups is 4. The van der Waals surface area contributed by atoms with Crippen molar-refractivity contribution in [2.24, 2.45) is 0 Å². The van der Waals surface area contributed by atoms with Crippen molar-refractivity contribution in [3.63, 3.8) is 0 Å². The first-order valence-electron chi connectivity index (χ1n) is 11.6. The molecule has 0 radical (unpaired) electrons. The number of hydrogen-bond acceptors (Lipinski definition) is 7. The van der Waals surface area contributed by atoms with Crippen LogP contribution < -0.4 is 15.0 Å². The Morgan fingerprint density at radius 1 is 0.971 bits per heavy atom. The largest absolute Gasteiger partial charge is 0.479 e. The van der Waals surface area contributed by atoms with Gasteiger partial charge in [0.2, 0.25) is 5.91 Å². The molecule has 1 unspecified atom stereocenters. The number of anilines is 2. The number of carbonyl (C=O) groups excluding carboxylic acids is 4. The van der Waals surface area contributed by atoms with Gasteiger partial charge < -0.3 is 19.7 Å². The van der Waals surface area contributed by atoms with Crippen LogP contribution in [0, 0.1) is 0 Å². The molecule has 1 fully saturated rings. The molecule has 5 rings (SSSR count). The quantitative estimate of drug-likeness (QED) is 0.625. The van der Waals surface area contributed by atoms with Crippen LogP contribution in [0.3, 0.4) is 0 Å². The van der Waals surface area contributed by atoms with Crippen molar-refractivity contribution in [3.8, 4) is 5.75 Å². The number of morpholine rings is 1. The minimum atomic E-state index is -0.610. The van der Waals surface area contributed by atoms with Crippen LogP contribution in [-0.4, -0.2) is 85.5 Å². The third kappa shape index (κ3) is 4.50. The average Bonchev–Trinajstić information content (AvgIpc) is 3.10. The molecular weight excluding hydrogens is 452 g/mol. The zero-order chi connectivity index (χ0) is 24.5. The van der Waals surface area contributed by atoms with E-state index in [0.717, 1.165) is 18.0 Å². The maximum absolute atomic E-state index is 12.9. The van der Waals surface area contributed by atoms with Gasteiger partial charge >= 0.3 is 0 Å².